The summed E-state index contributed by atoms with van der Waals surface area (Å²) >= 11 is 2.91. The molecule has 1 aliphatic heterocycles. The fourth-order valence-corrected chi connectivity index (χ4v) is 5.53. The minimum Gasteiger partial charge on any atom is -0.390 e. The lowest BCUT2D eigenvalue weighted by molar-refractivity contribution is -0.0450. The molecule has 1 aromatic heterocycles. The number of nitrogens with one attached hydrogen (secondary N) is 1. The highest BCUT2D eigenvalue weighted by Crippen LogP contribution is 2.66. The lowest BCUT2D eigenvalue weighted by atomic mass is 10.2. The average Bonchev–Trinajstić information content (AvgIpc) is 2.86. The summed E-state index contributed by atoms with van der Waals surface area (Å²) < 4.78 is 51.2. The van der Waals surface area contributed by atoms with Crippen LogP contribution in [0.2, 0.25) is 0 Å². The second-order valence-electron chi connectivity index (χ2n) is 5.46. The maximum atomic E-state index is 11.8. The third-order valence-corrected chi connectivity index (χ3v) is 7.62. The number of halogens is 1. The van der Waals surface area contributed by atoms with Crippen LogP contribution in [0.25, 0.3) is 0 Å². The number of rotatable bonds is 8. The zero-order chi connectivity index (χ0) is 22.2. The summed E-state index contributed by atoms with van der Waals surface area (Å²) in [6.07, 6.45) is -2.83. The second-order valence-corrected chi connectivity index (χ2v) is 10.7. The summed E-state index contributed by atoms with van der Waals surface area (Å²) in [5.74, 6) is 0. The Morgan fingerprint density at radius 1 is 1.17 bits per heavy atom. The van der Waals surface area contributed by atoms with Gasteiger partial charge in [0, 0.05) is 12.6 Å². The maximum absolute atomic E-state index is 11.8. The number of ether oxygens (including phenoxy) is 1. The molecule has 6 N–H and O–H groups in total. The van der Waals surface area contributed by atoms with Crippen molar-refractivity contribution in [3.63, 3.8) is 0 Å². The van der Waals surface area contributed by atoms with Crippen molar-refractivity contribution in [1.29, 1.82) is 0 Å². The van der Waals surface area contributed by atoms with E-state index in [1.165, 1.54) is 0 Å². The molecule has 1 saturated heterocycles. The molecular weight excluding hydrogens is 533 g/mol. The average molecular weight is 547 g/mol. The van der Waals surface area contributed by atoms with E-state index in [0.29, 0.717) is 0 Å². The molecule has 0 saturated carbocycles. The number of aromatic nitrogens is 2. The summed E-state index contributed by atoms with van der Waals surface area (Å²) in [6, 6.07) is 0. The van der Waals surface area contributed by atoms with Crippen LogP contribution in [-0.2, 0) is 31.6 Å². The lowest BCUT2D eigenvalue weighted by Gasteiger charge is -2.19. The molecular formula is C9H14BrN2O14P3. The predicted molar refractivity (Wildman–Crippen MR) is 93.4 cm³/mol. The lowest BCUT2D eigenvalue weighted by Crippen LogP contribution is -2.32. The molecule has 0 spiro atoms. The Morgan fingerprint density at radius 2 is 1.79 bits per heavy atom. The molecule has 1 aromatic rings. The minimum absolute atomic E-state index is 0.00750. The number of phosphoric acid groups is 3. The number of H-pyrrole nitrogens is 1. The number of hydrogen-bond donors (Lipinski definition) is 6. The molecule has 16 nitrogen and oxygen atoms in total. The van der Waals surface area contributed by atoms with Gasteiger partial charge in [-0.2, -0.15) is 8.62 Å². The van der Waals surface area contributed by atoms with Gasteiger partial charge in [0.15, 0.2) is 0 Å². The minimum atomic E-state index is -5.68. The van der Waals surface area contributed by atoms with Gasteiger partial charge in [-0.15, -0.1) is 0 Å². The molecule has 1 aliphatic rings. The van der Waals surface area contributed by atoms with E-state index in [4.69, 9.17) is 19.4 Å². The Morgan fingerprint density at radius 3 is 2.38 bits per heavy atom. The van der Waals surface area contributed by atoms with Gasteiger partial charge in [-0.1, -0.05) is 0 Å². The fourth-order valence-electron chi connectivity index (χ4n) is 2.18. The van der Waals surface area contributed by atoms with Crippen LogP contribution < -0.4 is 11.2 Å². The smallest absolute Gasteiger partial charge is 0.390 e. The van der Waals surface area contributed by atoms with Crippen molar-refractivity contribution in [3.8, 4) is 0 Å². The monoisotopic (exact) mass is 546 g/mol. The number of aromatic amines is 1. The Labute approximate surface area is 168 Å². The molecule has 20 heteroatoms. The van der Waals surface area contributed by atoms with Gasteiger partial charge in [-0.3, -0.25) is 18.9 Å². The van der Waals surface area contributed by atoms with Gasteiger partial charge in [0.25, 0.3) is 5.56 Å². The standard InChI is InChI=1S/C9H14BrN2O14P3/c10-4-2-12(9(15)11-8(4)14)7-1-5(13)6(24-7)3-23-28(19,20)26-29(21,22)25-27(16,17)18/h2,5-7,13H,1,3H2,(H,19,20)(H,21,22)(H,11,14,15)(H2,16,17,18)/t5?,6-,7-/m0/s1. The SMILES string of the molecule is O=c1[nH]c(=O)n([C@@H]2CC(O)[C@H](COP(=O)(O)OP(=O)(O)OP(=O)(O)O)O2)cc1Br. The van der Waals surface area contributed by atoms with Gasteiger partial charge < -0.3 is 29.4 Å². The van der Waals surface area contributed by atoms with Crippen molar-refractivity contribution < 1.29 is 56.3 Å². The van der Waals surface area contributed by atoms with Crippen molar-refractivity contribution in [2.45, 2.75) is 24.9 Å². The van der Waals surface area contributed by atoms with Crippen molar-refractivity contribution in [3.05, 3.63) is 31.5 Å². The van der Waals surface area contributed by atoms with Crippen LogP contribution in [0.1, 0.15) is 12.6 Å². The highest BCUT2D eigenvalue weighted by molar-refractivity contribution is 9.10. The van der Waals surface area contributed by atoms with Crippen molar-refractivity contribution in [2.75, 3.05) is 6.61 Å². The first kappa shape index (κ1) is 24.8. The fraction of sp³-hybridized carbons (Fsp3) is 0.556. The Bertz CT molecular complexity index is 1020. The van der Waals surface area contributed by atoms with Gasteiger partial charge in [0.05, 0.1) is 17.2 Å². The van der Waals surface area contributed by atoms with Gasteiger partial charge in [0.2, 0.25) is 0 Å². The van der Waals surface area contributed by atoms with Crippen LogP contribution in [0, 0.1) is 0 Å². The van der Waals surface area contributed by atoms with Crippen LogP contribution >= 0.6 is 39.4 Å². The zero-order valence-corrected chi connectivity index (χ0v) is 18.1. The van der Waals surface area contributed by atoms with E-state index >= 15 is 0 Å². The van der Waals surface area contributed by atoms with E-state index in [0.717, 1.165) is 10.8 Å². The number of hydrogen-bond acceptors (Lipinski definition) is 10. The molecule has 166 valence electrons. The van der Waals surface area contributed by atoms with Gasteiger partial charge in [-0.05, 0) is 15.9 Å². The summed E-state index contributed by atoms with van der Waals surface area (Å²) in [7, 11) is -16.6. The molecule has 29 heavy (non-hydrogen) atoms. The number of aliphatic hydroxyl groups is 1. The van der Waals surface area contributed by atoms with Crippen LogP contribution in [0.3, 0.4) is 0 Å². The van der Waals surface area contributed by atoms with Crippen LogP contribution in [0.15, 0.2) is 20.3 Å². The summed E-state index contributed by atoms with van der Waals surface area (Å²) in [5.41, 5.74) is -1.56. The van der Waals surface area contributed by atoms with Crippen molar-refractivity contribution in [1.82, 2.24) is 9.55 Å². The van der Waals surface area contributed by atoms with Gasteiger partial charge in [0.1, 0.15) is 12.3 Å². The largest absolute Gasteiger partial charge is 0.490 e. The van der Waals surface area contributed by atoms with E-state index in [9.17, 15) is 33.3 Å². The third-order valence-electron chi connectivity index (χ3n) is 3.26. The van der Waals surface area contributed by atoms with E-state index in [2.05, 4.69) is 29.1 Å². The van der Waals surface area contributed by atoms with E-state index in [1.807, 2.05) is 4.98 Å². The molecule has 0 amide bonds. The topological polar surface area (TPSA) is 244 Å². The first-order chi connectivity index (χ1) is 13.1. The summed E-state index contributed by atoms with van der Waals surface area (Å²) in [6.45, 7) is -0.888. The highest BCUT2D eigenvalue weighted by Gasteiger charge is 2.42. The number of phosphoric ester groups is 1. The highest BCUT2D eigenvalue weighted by atomic mass is 79.9. The number of aliphatic hydroxyl groups excluding tert-OH is 1. The van der Waals surface area contributed by atoms with E-state index in [-0.39, 0.29) is 10.9 Å². The quantitative estimate of drug-likeness (QED) is 0.220. The van der Waals surface area contributed by atoms with Gasteiger partial charge in [-0.25, -0.2) is 18.5 Å². The third kappa shape index (κ3) is 7.29. The predicted octanol–water partition coefficient (Wildman–Crippen LogP) is -0.709. The number of nitrogens with zero attached hydrogens (tertiary/aromatic N) is 1. The van der Waals surface area contributed by atoms with Crippen LogP contribution in [0.5, 0.6) is 0 Å². The Hall–Kier alpha value is -0.510. The molecule has 1 fully saturated rings. The zero-order valence-electron chi connectivity index (χ0n) is 13.8. The summed E-state index contributed by atoms with van der Waals surface area (Å²) in [5, 5.41) is 9.97. The Kier molecular flexibility index (Phi) is 7.62. The molecule has 2 heterocycles. The van der Waals surface area contributed by atoms with Gasteiger partial charge >= 0.3 is 29.2 Å². The second kappa shape index (κ2) is 8.93. The Balaban J connectivity index is 2.03. The normalized spacial score (nSPS) is 26.8. The first-order valence-electron chi connectivity index (χ1n) is 7.21. The van der Waals surface area contributed by atoms with Crippen molar-refractivity contribution >= 4 is 39.4 Å². The molecule has 0 radical (unpaired) electrons. The van der Waals surface area contributed by atoms with E-state index < -0.39 is 59.8 Å². The molecule has 0 aromatic carbocycles. The van der Waals surface area contributed by atoms with Crippen LogP contribution in [-0.4, -0.2) is 53.0 Å². The molecule has 0 aliphatic carbocycles. The van der Waals surface area contributed by atoms with Crippen molar-refractivity contribution in [2.24, 2.45) is 0 Å². The maximum Gasteiger partial charge on any atom is 0.490 e. The molecule has 3 unspecified atom stereocenters. The molecule has 5 atom stereocenters. The van der Waals surface area contributed by atoms with E-state index in [1.54, 1.807) is 0 Å². The first-order valence-corrected chi connectivity index (χ1v) is 12.5. The van der Waals surface area contributed by atoms with Crippen LogP contribution in [0.4, 0.5) is 0 Å². The molecule has 0 bridgehead atoms. The summed E-state index contributed by atoms with van der Waals surface area (Å²) in [4.78, 5) is 60.5. The molecule has 2 rings (SSSR count).